The van der Waals surface area contributed by atoms with Gasteiger partial charge in [-0.3, -0.25) is 15.0 Å². The van der Waals surface area contributed by atoms with Crippen molar-refractivity contribution >= 4 is 34.5 Å². The van der Waals surface area contributed by atoms with Crippen molar-refractivity contribution in [1.82, 2.24) is 24.2 Å². The van der Waals surface area contributed by atoms with Gasteiger partial charge in [0.1, 0.15) is 24.1 Å². The van der Waals surface area contributed by atoms with Crippen molar-refractivity contribution < 1.29 is 24.2 Å². The molecule has 0 aliphatic heterocycles. The summed E-state index contributed by atoms with van der Waals surface area (Å²) in [6.45, 7) is 2.49. The van der Waals surface area contributed by atoms with E-state index in [0.717, 1.165) is 22.6 Å². The molecule has 0 aliphatic carbocycles. The number of likely N-dealkylation sites (N-methyl/N-ethyl adjacent to an activating group) is 1. The third kappa shape index (κ3) is 6.23. The molecule has 0 spiro atoms. The van der Waals surface area contributed by atoms with Gasteiger partial charge in [0.15, 0.2) is 0 Å². The number of carbonyl (C=O) groups is 2. The first-order valence-electron chi connectivity index (χ1n) is 9.83. The van der Waals surface area contributed by atoms with Gasteiger partial charge in [-0.1, -0.05) is 25.1 Å². The van der Waals surface area contributed by atoms with Crippen molar-refractivity contribution in [3.8, 4) is 5.88 Å². The molecule has 0 saturated carbocycles. The van der Waals surface area contributed by atoms with Crippen LogP contribution < -0.4 is 10.2 Å². The van der Waals surface area contributed by atoms with Gasteiger partial charge in [-0.15, -0.1) is 4.37 Å². The fourth-order valence-corrected chi connectivity index (χ4v) is 3.46. The summed E-state index contributed by atoms with van der Waals surface area (Å²) in [6, 6.07) is 9.41. The first-order chi connectivity index (χ1) is 15.0. The monoisotopic (exact) mass is 447 g/mol. The molecule has 2 aromatic heterocycles. The van der Waals surface area contributed by atoms with E-state index in [2.05, 4.69) is 23.9 Å². The maximum Gasteiger partial charge on any atom is 0.305 e. The van der Waals surface area contributed by atoms with Crippen LogP contribution in [-0.4, -0.2) is 68.6 Å². The highest BCUT2D eigenvalue weighted by molar-refractivity contribution is 6.99. The number of hydrogen-bond donors (Lipinski definition) is 3. The van der Waals surface area contributed by atoms with Crippen LogP contribution in [0.4, 0.5) is 0 Å². The van der Waals surface area contributed by atoms with Crippen LogP contribution in [0.15, 0.2) is 30.3 Å². The van der Waals surface area contributed by atoms with Gasteiger partial charge in [0.2, 0.25) is 5.88 Å². The normalized spacial score (nSPS) is 12.1. The standard InChI is InChI=1S/C20H25N5O5S/c1-3-25(22-19(28)17-10-13-6-4-5-7-15(13)21-17)11-14(26)12-30-20-16(23-31-24-20)8-9-18(27)29-2/h4-7,10,14,21,26H,3,8-9,11-12H2,1-2H3,(H,22,28). The van der Waals surface area contributed by atoms with E-state index >= 15 is 0 Å². The van der Waals surface area contributed by atoms with Crippen molar-refractivity contribution in [2.24, 2.45) is 0 Å². The average molecular weight is 448 g/mol. The topological polar surface area (TPSA) is 130 Å². The van der Waals surface area contributed by atoms with Gasteiger partial charge in [0, 0.05) is 30.4 Å². The van der Waals surface area contributed by atoms with Gasteiger partial charge in [-0.2, -0.15) is 4.37 Å². The van der Waals surface area contributed by atoms with Crippen molar-refractivity contribution in [2.75, 3.05) is 26.8 Å². The Balaban J connectivity index is 1.49. The summed E-state index contributed by atoms with van der Waals surface area (Å²) in [5.41, 5.74) is 4.65. The highest BCUT2D eigenvalue weighted by Crippen LogP contribution is 2.18. The number of para-hydroxylation sites is 1. The van der Waals surface area contributed by atoms with Crippen LogP contribution in [0.1, 0.15) is 29.5 Å². The number of ether oxygens (including phenoxy) is 2. The number of nitrogens with zero attached hydrogens (tertiary/aromatic N) is 3. The second kappa shape index (κ2) is 10.8. The van der Waals surface area contributed by atoms with Crippen molar-refractivity contribution in [3.63, 3.8) is 0 Å². The summed E-state index contributed by atoms with van der Waals surface area (Å²) in [6.07, 6.45) is -0.362. The van der Waals surface area contributed by atoms with Crippen molar-refractivity contribution in [2.45, 2.75) is 25.9 Å². The van der Waals surface area contributed by atoms with E-state index < -0.39 is 6.10 Å². The zero-order valence-electron chi connectivity index (χ0n) is 17.3. The minimum Gasteiger partial charge on any atom is -0.473 e. The number of amides is 1. The van der Waals surface area contributed by atoms with Crippen LogP contribution in [0.5, 0.6) is 5.88 Å². The summed E-state index contributed by atoms with van der Waals surface area (Å²) in [4.78, 5) is 26.9. The zero-order valence-corrected chi connectivity index (χ0v) is 18.1. The van der Waals surface area contributed by atoms with Crippen LogP contribution >= 0.6 is 11.7 Å². The molecule has 1 amide bonds. The minimum atomic E-state index is -0.877. The van der Waals surface area contributed by atoms with Crippen LogP contribution in [0, 0.1) is 0 Å². The molecule has 3 aromatic rings. The lowest BCUT2D eigenvalue weighted by Crippen LogP contribution is -2.47. The predicted molar refractivity (Wildman–Crippen MR) is 115 cm³/mol. The van der Waals surface area contributed by atoms with E-state index in [-0.39, 0.29) is 37.3 Å². The van der Waals surface area contributed by atoms with E-state index in [0.29, 0.717) is 24.4 Å². The number of rotatable bonds is 11. The number of nitrogens with one attached hydrogen (secondary N) is 2. The van der Waals surface area contributed by atoms with Gasteiger partial charge < -0.3 is 19.6 Å². The molecule has 11 heteroatoms. The van der Waals surface area contributed by atoms with E-state index in [1.165, 1.54) is 7.11 Å². The lowest BCUT2D eigenvalue weighted by atomic mass is 10.2. The number of aliphatic hydroxyl groups is 1. The number of H-pyrrole nitrogens is 1. The summed E-state index contributed by atoms with van der Waals surface area (Å²) in [7, 11) is 1.33. The number of methoxy groups -OCH3 is 1. The Labute approximate surface area is 183 Å². The fraction of sp³-hybridized carbons (Fsp3) is 0.400. The molecule has 3 N–H and O–H groups in total. The zero-order chi connectivity index (χ0) is 22.2. The molecule has 0 bridgehead atoms. The molecule has 0 fully saturated rings. The largest absolute Gasteiger partial charge is 0.473 e. The minimum absolute atomic E-state index is 0.0323. The Morgan fingerprint density at radius 3 is 2.87 bits per heavy atom. The lowest BCUT2D eigenvalue weighted by Gasteiger charge is -2.23. The number of esters is 1. The molecule has 166 valence electrons. The van der Waals surface area contributed by atoms with Gasteiger partial charge in [0.25, 0.3) is 5.91 Å². The molecule has 0 saturated heterocycles. The third-order valence-corrected chi connectivity index (χ3v) is 5.12. The number of aryl methyl sites for hydroxylation is 1. The SMILES string of the molecule is CCN(CC(O)COc1nsnc1CCC(=O)OC)NC(=O)c1cc2ccccc2[nH]1. The Kier molecular flexibility index (Phi) is 7.93. The molecule has 1 aromatic carbocycles. The number of hydrazine groups is 1. The van der Waals surface area contributed by atoms with E-state index in [1.807, 2.05) is 31.2 Å². The van der Waals surface area contributed by atoms with Crippen LogP contribution in [-0.2, 0) is 16.0 Å². The molecule has 10 nitrogen and oxygen atoms in total. The Bertz CT molecular complexity index is 987. The van der Waals surface area contributed by atoms with Crippen molar-refractivity contribution in [3.05, 3.63) is 41.7 Å². The molecular formula is C20H25N5O5S. The van der Waals surface area contributed by atoms with Crippen LogP contribution in [0.25, 0.3) is 10.9 Å². The van der Waals surface area contributed by atoms with E-state index in [9.17, 15) is 14.7 Å². The highest BCUT2D eigenvalue weighted by atomic mass is 32.1. The molecule has 1 unspecified atom stereocenters. The number of hydrogen-bond acceptors (Lipinski definition) is 9. The molecule has 3 rings (SSSR count). The summed E-state index contributed by atoms with van der Waals surface area (Å²) >= 11 is 0.974. The Hall–Kier alpha value is -3.02. The second-order valence-corrected chi connectivity index (χ2v) is 7.34. The average Bonchev–Trinajstić information content (AvgIpc) is 3.42. The van der Waals surface area contributed by atoms with Gasteiger partial charge in [0.05, 0.1) is 25.3 Å². The van der Waals surface area contributed by atoms with Gasteiger partial charge in [-0.25, -0.2) is 5.01 Å². The highest BCUT2D eigenvalue weighted by Gasteiger charge is 2.18. The fourth-order valence-electron chi connectivity index (χ4n) is 2.92. The second-order valence-electron chi connectivity index (χ2n) is 6.81. The number of aliphatic hydroxyl groups excluding tert-OH is 1. The van der Waals surface area contributed by atoms with Crippen LogP contribution in [0.3, 0.4) is 0 Å². The molecular weight excluding hydrogens is 422 g/mol. The molecule has 1 atom stereocenters. The number of aromatic nitrogens is 3. The lowest BCUT2D eigenvalue weighted by molar-refractivity contribution is -0.140. The summed E-state index contributed by atoms with van der Waals surface area (Å²) in [5.74, 6) is -0.346. The first-order valence-corrected chi connectivity index (χ1v) is 10.6. The molecule has 2 heterocycles. The Morgan fingerprint density at radius 2 is 2.13 bits per heavy atom. The number of carbonyl (C=O) groups excluding carboxylic acids is 2. The van der Waals surface area contributed by atoms with Crippen LogP contribution in [0.2, 0.25) is 0 Å². The number of benzene rings is 1. The first kappa shape index (κ1) is 22.7. The van der Waals surface area contributed by atoms with E-state index in [4.69, 9.17) is 4.74 Å². The smallest absolute Gasteiger partial charge is 0.305 e. The quantitative estimate of drug-likeness (QED) is 0.298. The van der Waals surface area contributed by atoms with Crippen molar-refractivity contribution in [1.29, 1.82) is 0 Å². The predicted octanol–water partition coefficient (Wildman–Crippen LogP) is 1.53. The third-order valence-electron chi connectivity index (χ3n) is 4.57. The van der Waals surface area contributed by atoms with Gasteiger partial charge >= 0.3 is 5.97 Å². The van der Waals surface area contributed by atoms with E-state index in [1.54, 1.807) is 11.1 Å². The Morgan fingerprint density at radius 1 is 1.32 bits per heavy atom. The summed E-state index contributed by atoms with van der Waals surface area (Å²) < 4.78 is 18.4. The molecule has 0 aliphatic rings. The maximum absolute atomic E-state index is 12.6. The summed E-state index contributed by atoms with van der Waals surface area (Å²) in [5, 5.41) is 12.9. The van der Waals surface area contributed by atoms with Gasteiger partial charge in [-0.05, 0) is 12.1 Å². The number of aromatic amines is 1. The maximum atomic E-state index is 12.6. The molecule has 0 radical (unpaired) electrons. The molecule has 31 heavy (non-hydrogen) atoms. The number of fused-ring (bicyclic) bond motifs is 1.